The first-order valence-electron chi connectivity index (χ1n) is 6.23. The molecule has 3 rings (SSSR count). The molecule has 0 fully saturated rings. The summed E-state index contributed by atoms with van der Waals surface area (Å²) in [5, 5.41) is 15.7. The van der Waals surface area contributed by atoms with Gasteiger partial charge in [0.2, 0.25) is 0 Å². The number of allylic oxidation sites excluding steroid dienone is 6. The SMILES string of the molecule is O=NC1=C2[Se]C3=C(C=C2CCC1)CCC/C3=N\O. The van der Waals surface area contributed by atoms with Gasteiger partial charge in [0.25, 0.3) is 0 Å². The molecule has 0 atom stereocenters. The molecule has 0 aromatic rings. The number of nitroso groups, excluding NO2 is 1. The summed E-state index contributed by atoms with van der Waals surface area (Å²) < 4.78 is 2.32. The quantitative estimate of drug-likeness (QED) is 0.350. The summed E-state index contributed by atoms with van der Waals surface area (Å²) in [4.78, 5) is 10.9. The van der Waals surface area contributed by atoms with Crippen molar-refractivity contribution in [2.24, 2.45) is 10.3 Å². The van der Waals surface area contributed by atoms with Gasteiger partial charge in [0, 0.05) is 0 Å². The van der Waals surface area contributed by atoms with Gasteiger partial charge < -0.3 is 0 Å². The molecule has 1 heterocycles. The second-order valence-corrected chi connectivity index (χ2v) is 6.89. The molecule has 0 unspecified atom stereocenters. The second kappa shape index (κ2) is 4.82. The van der Waals surface area contributed by atoms with E-state index in [2.05, 4.69) is 16.4 Å². The van der Waals surface area contributed by atoms with E-state index >= 15 is 0 Å². The van der Waals surface area contributed by atoms with Gasteiger partial charge in [-0.25, -0.2) is 0 Å². The normalized spacial score (nSPS) is 25.8. The molecule has 0 saturated heterocycles. The Labute approximate surface area is 112 Å². The van der Waals surface area contributed by atoms with Crippen LogP contribution in [-0.2, 0) is 0 Å². The van der Waals surface area contributed by atoms with Gasteiger partial charge in [0.15, 0.2) is 0 Å². The Hall–Kier alpha value is -1.19. The predicted molar refractivity (Wildman–Crippen MR) is 70.6 cm³/mol. The zero-order valence-corrected chi connectivity index (χ0v) is 11.7. The Morgan fingerprint density at radius 2 is 1.94 bits per heavy atom. The van der Waals surface area contributed by atoms with E-state index < -0.39 is 0 Å². The van der Waals surface area contributed by atoms with Gasteiger partial charge in [-0.05, 0) is 0 Å². The predicted octanol–water partition coefficient (Wildman–Crippen LogP) is 3.06. The minimum absolute atomic E-state index is 0.0884. The fraction of sp³-hybridized carbons (Fsp3) is 0.462. The van der Waals surface area contributed by atoms with Crippen LogP contribution in [0.3, 0.4) is 0 Å². The molecule has 94 valence electrons. The van der Waals surface area contributed by atoms with Gasteiger partial charge in [-0.2, -0.15) is 0 Å². The number of fused-ring (bicyclic) bond motifs is 1. The van der Waals surface area contributed by atoms with Crippen LogP contribution >= 0.6 is 0 Å². The van der Waals surface area contributed by atoms with Crippen molar-refractivity contribution in [1.29, 1.82) is 0 Å². The average Bonchev–Trinajstić information content (AvgIpc) is 2.43. The number of oxime groups is 1. The van der Waals surface area contributed by atoms with Gasteiger partial charge in [-0.15, -0.1) is 0 Å². The second-order valence-electron chi connectivity index (χ2n) is 4.75. The van der Waals surface area contributed by atoms with Crippen molar-refractivity contribution in [2.75, 3.05) is 0 Å². The van der Waals surface area contributed by atoms with Crippen molar-refractivity contribution in [3.8, 4) is 0 Å². The van der Waals surface area contributed by atoms with Crippen LogP contribution in [0.4, 0.5) is 0 Å². The van der Waals surface area contributed by atoms with Gasteiger partial charge in [0.05, 0.1) is 0 Å². The first kappa shape index (κ1) is 11.9. The third-order valence-electron chi connectivity index (χ3n) is 3.61. The third-order valence-corrected chi connectivity index (χ3v) is 6.56. The van der Waals surface area contributed by atoms with Crippen molar-refractivity contribution >= 4 is 20.7 Å². The van der Waals surface area contributed by atoms with Crippen molar-refractivity contribution in [2.45, 2.75) is 38.5 Å². The van der Waals surface area contributed by atoms with Crippen LogP contribution < -0.4 is 0 Å². The van der Waals surface area contributed by atoms with Crippen LogP contribution in [0.5, 0.6) is 0 Å². The number of hydrogen-bond acceptors (Lipinski definition) is 4. The monoisotopic (exact) mass is 310 g/mol. The van der Waals surface area contributed by atoms with Crippen molar-refractivity contribution in [3.05, 3.63) is 36.8 Å². The number of nitrogens with zero attached hydrogens (tertiary/aromatic N) is 2. The van der Waals surface area contributed by atoms with Crippen molar-refractivity contribution < 1.29 is 5.21 Å². The average molecular weight is 309 g/mol. The van der Waals surface area contributed by atoms with Crippen LogP contribution in [0.15, 0.2) is 42.2 Å². The van der Waals surface area contributed by atoms with Gasteiger partial charge >= 0.3 is 112 Å². The Kier molecular flexibility index (Phi) is 3.18. The summed E-state index contributed by atoms with van der Waals surface area (Å²) in [5.41, 5.74) is 4.16. The molecule has 1 aliphatic heterocycles. The Bertz CT molecular complexity index is 529. The van der Waals surface area contributed by atoms with Gasteiger partial charge in [-0.1, -0.05) is 0 Å². The molecule has 1 N–H and O–H groups in total. The Balaban J connectivity index is 2.08. The Morgan fingerprint density at radius 3 is 2.72 bits per heavy atom. The standard InChI is InChI=1S/C13H14N2O2Se/c16-14-10-5-1-3-8-7-9-4-2-6-11(15-17)13(9)18-12(8)10/h7,16H,1-6H2/b14-10+. The van der Waals surface area contributed by atoms with E-state index in [0.717, 1.165) is 54.4 Å². The van der Waals surface area contributed by atoms with Crippen molar-refractivity contribution in [3.63, 3.8) is 0 Å². The minimum atomic E-state index is 0.0884. The van der Waals surface area contributed by atoms with E-state index in [9.17, 15) is 4.91 Å². The first-order chi connectivity index (χ1) is 8.83. The molecule has 0 aromatic heterocycles. The molecule has 0 aromatic carbocycles. The van der Waals surface area contributed by atoms with Crippen LogP contribution in [0.1, 0.15) is 38.5 Å². The molecular formula is C13H14N2O2Se. The molecule has 0 bridgehead atoms. The van der Waals surface area contributed by atoms with E-state index in [0.29, 0.717) is 0 Å². The van der Waals surface area contributed by atoms with E-state index in [4.69, 9.17) is 5.21 Å². The zero-order valence-electron chi connectivity index (χ0n) is 9.98. The van der Waals surface area contributed by atoms with Crippen molar-refractivity contribution in [1.82, 2.24) is 0 Å². The molecule has 18 heavy (non-hydrogen) atoms. The molecule has 0 radical (unpaired) electrons. The van der Waals surface area contributed by atoms with E-state index in [1.807, 2.05) is 0 Å². The fourth-order valence-electron chi connectivity index (χ4n) is 2.74. The molecule has 3 aliphatic rings. The molecule has 2 aliphatic carbocycles. The summed E-state index contributed by atoms with van der Waals surface area (Å²) in [6.45, 7) is 0. The van der Waals surface area contributed by atoms with E-state index in [1.165, 1.54) is 15.6 Å². The summed E-state index contributed by atoms with van der Waals surface area (Å²) in [6.07, 6.45) is 8.05. The molecule has 0 amide bonds. The molecule has 0 spiro atoms. The number of hydrogen-bond donors (Lipinski definition) is 1. The topological polar surface area (TPSA) is 62.0 Å². The number of rotatable bonds is 1. The maximum absolute atomic E-state index is 10.9. The van der Waals surface area contributed by atoms with Crippen LogP contribution in [0.25, 0.3) is 0 Å². The summed E-state index contributed by atoms with van der Waals surface area (Å²) in [5.74, 6) is 0. The molecular weight excluding hydrogens is 295 g/mol. The molecule has 5 heteroatoms. The molecule has 4 nitrogen and oxygen atoms in total. The summed E-state index contributed by atoms with van der Waals surface area (Å²) >= 11 is 0.0884. The van der Waals surface area contributed by atoms with Crippen LogP contribution in [0, 0.1) is 4.91 Å². The third kappa shape index (κ3) is 1.88. The van der Waals surface area contributed by atoms with Crippen LogP contribution in [0.2, 0.25) is 0 Å². The van der Waals surface area contributed by atoms with E-state index in [-0.39, 0.29) is 15.0 Å². The summed E-state index contributed by atoms with van der Waals surface area (Å²) in [6, 6.07) is 0. The maximum atomic E-state index is 10.9. The van der Waals surface area contributed by atoms with Gasteiger partial charge in [-0.3, -0.25) is 0 Å². The summed E-state index contributed by atoms with van der Waals surface area (Å²) in [7, 11) is 0. The van der Waals surface area contributed by atoms with Crippen LogP contribution in [-0.4, -0.2) is 25.9 Å². The Morgan fingerprint density at radius 1 is 1.11 bits per heavy atom. The fourth-order valence-corrected chi connectivity index (χ4v) is 5.48. The van der Waals surface area contributed by atoms with E-state index in [1.54, 1.807) is 0 Å². The first-order valence-corrected chi connectivity index (χ1v) is 7.94. The van der Waals surface area contributed by atoms with Gasteiger partial charge in [0.1, 0.15) is 0 Å². The zero-order chi connectivity index (χ0) is 12.5. The molecule has 0 saturated carbocycles.